The predicted molar refractivity (Wildman–Crippen MR) is 61.1 cm³/mol. The fourth-order valence-corrected chi connectivity index (χ4v) is 1.64. The summed E-state index contributed by atoms with van der Waals surface area (Å²) in [4.78, 5) is 0. The molecule has 4 heteroatoms. The number of nitrogens with zero attached hydrogens (tertiary/aromatic N) is 1. The number of aryl methyl sites for hydroxylation is 1. The quantitative estimate of drug-likeness (QED) is 0.648. The molecule has 82 valence electrons. The van der Waals surface area contributed by atoms with Crippen LogP contribution < -0.4 is 5.46 Å². The lowest BCUT2D eigenvalue weighted by molar-refractivity contribution is 0.00578. The summed E-state index contributed by atoms with van der Waals surface area (Å²) in [6.07, 6.45) is 4.03. The zero-order valence-electron chi connectivity index (χ0n) is 10.1. The molecule has 1 aliphatic heterocycles. The zero-order chi connectivity index (χ0) is 11.3. The molecule has 1 saturated heterocycles. The lowest BCUT2D eigenvalue weighted by atomic mass is 9.81. The van der Waals surface area contributed by atoms with E-state index in [2.05, 4.69) is 27.7 Å². The SMILES string of the molecule is Cn1ccc(B2OC(C)(C)C(C)(C)O2)c1. The van der Waals surface area contributed by atoms with E-state index in [1.807, 2.05) is 30.1 Å². The third kappa shape index (κ3) is 1.72. The summed E-state index contributed by atoms with van der Waals surface area (Å²) in [7, 11) is 1.76. The molecule has 0 amide bonds. The van der Waals surface area contributed by atoms with Crippen LogP contribution in [0.15, 0.2) is 18.5 Å². The first kappa shape index (κ1) is 10.8. The second-order valence-electron chi connectivity index (χ2n) is 5.20. The van der Waals surface area contributed by atoms with Gasteiger partial charge in [0.05, 0.1) is 11.2 Å². The van der Waals surface area contributed by atoms with Crippen molar-refractivity contribution in [2.45, 2.75) is 38.9 Å². The molecule has 2 heterocycles. The van der Waals surface area contributed by atoms with Crippen LogP contribution in [0.2, 0.25) is 0 Å². The van der Waals surface area contributed by atoms with E-state index < -0.39 is 0 Å². The van der Waals surface area contributed by atoms with E-state index in [0.717, 1.165) is 5.46 Å². The van der Waals surface area contributed by atoms with E-state index >= 15 is 0 Å². The fourth-order valence-electron chi connectivity index (χ4n) is 1.64. The summed E-state index contributed by atoms with van der Waals surface area (Å²) in [6.45, 7) is 8.26. The van der Waals surface area contributed by atoms with Gasteiger partial charge in [-0.15, -0.1) is 0 Å². The number of aromatic nitrogens is 1. The van der Waals surface area contributed by atoms with Crippen LogP contribution in [0.1, 0.15) is 27.7 Å². The molecule has 0 radical (unpaired) electrons. The van der Waals surface area contributed by atoms with E-state index in [1.165, 1.54) is 0 Å². The number of hydrogen-bond donors (Lipinski definition) is 0. The molecule has 0 aliphatic carbocycles. The normalized spacial score (nSPS) is 23.4. The van der Waals surface area contributed by atoms with Gasteiger partial charge < -0.3 is 13.9 Å². The number of rotatable bonds is 1. The Morgan fingerprint density at radius 3 is 2.07 bits per heavy atom. The van der Waals surface area contributed by atoms with Crippen molar-refractivity contribution in [1.29, 1.82) is 0 Å². The van der Waals surface area contributed by atoms with Gasteiger partial charge in [-0.3, -0.25) is 0 Å². The predicted octanol–water partition coefficient (Wildman–Crippen LogP) is 1.32. The summed E-state index contributed by atoms with van der Waals surface area (Å²) in [6, 6.07) is 2.03. The molecule has 0 saturated carbocycles. The van der Waals surface area contributed by atoms with Crippen LogP contribution in [0.5, 0.6) is 0 Å². The molecule has 2 rings (SSSR count). The Balaban J connectivity index is 2.23. The van der Waals surface area contributed by atoms with Gasteiger partial charge in [0.1, 0.15) is 0 Å². The highest BCUT2D eigenvalue weighted by Gasteiger charge is 2.51. The van der Waals surface area contributed by atoms with Gasteiger partial charge in [0.15, 0.2) is 0 Å². The minimum absolute atomic E-state index is 0.240. The first-order valence-electron chi connectivity index (χ1n) is 5.29. The molecule has 3 nitrogen and oxygen atoms in total. The van der Waals surface area contributed by atoms with E-state index in [9.17, 15) is 0 Å². The summed E-state index contributed by atoms with van der Waals surface area (Å²) >= 11 is 0. The van der Waals surface area contributed by atoms with Crippen LogP contribution in [-0.2, 0) is 16.4 Å². The molecule has 1 aliphatic rings. The van der Waals surface area contributed by atoms with Crippen molar-refractivity contribution < 1.29 is 9.31 Å². The van der Waals surface area contributed by atoms with Gasteiger partial charge in [0, 0.05) is 24.9 Å². The molecule has 0 spiro atoms. The molecule has 1 aromatic heterocycles. The van der Waals surface area contributed by atoms with Gasteiger partial charge in [-0.25, -0.2) is 0 Å². The molecule has 0 N–H and O–H groups in total. The van der Waals surface area contributed by atoms with Crippen molar-refractivity contribution in [3.05, 3.63) is 18.5 Å². The summed E-state index contributed by atoms with van der Waals surface area (Å²) in [5.41, 5.74) is 0.567. The minimum atomic E-state index is -0.256. The maximum atomic E-state index is 5.93. The standard InChI is InChI=1S/C11H18BNO2/c1-10(2)11(3,4)15-12(14-10)9-6-7-13(5)8-9/h6-8H,1-5H3. The third-order valence-corrected chi connectivity index (χ3v) is 3.38. The van der Waals surface area contributed by atoms with Crippen LogP contribution >= 0.6 is 0 Å². The Morgan fingerprint density at radius 1 is 1.13 bits per heavy atom. The van der Waals surface area contributed by atoms with E-state index in [0.29, 0.717) is 0 Å². The van der Waals surface area contributed by atoms with Gasteiger partial charge >= 0.3 is 7.12 Å². The second kappa shape index (κ2) is 3.13. The molecule has 0 bridgehead atoms. The van der Waals surface area contributed by atoms with Crippen LogP contribution in [0.3, 0.4) is 0 Å². The largest absolute Gasteiger partial charge is 0.496 e. The molecule has 0 atom stereocenters. The maximum absolute atomic E-state index is 5.93. The highest BCUT2D eigenvalue weighted by atomic mass is 16.7. The van der Waals surface area contributed by atoms with Crippen LogP contribution in [0.25, 0.3) is 0 Å². The van der Waals surface area contributed by atoms with E-state index in [1.54, 1.807) is 0 Å². The fraction of sp³-hybridized carbons (Fsp3) is 0.636. The first-order chi connectivity index (χ1) is 6.82. The van der Waals surface area contributed by atoms with Crippen molar-refractivity contribution in [2.24, 2.45) is 7.05 Å². The second-order valence-corrected chi connectivity index (χ2v) is 5.20. The van der Waals surface area contributed by atoms with Crippen LogP contribution in [0.4, 0.5) is 0 Å². The Morgan fingerprint density at radius 2 is 1.67 bits per heavy atom. The Labute approximate surface area is 91.5 Å². The van der Waals surface area contributed by atoms with Crippen LogP contribution in [-0.4, -0.2) is 22.9 Å². The van der Waals surface area contributed by atoms with Gasteiger partial charge in [0.25, 0.3) is 0 Å². The van der Waals surface area contributed by atoms with Gasteiger partial charge in [-0.2, -0.15) is 0 Å². The monoisotopic (exact) mass is 207 g/mol. The van der Waals surface area contributed by atoms with Gasteiger partial charge in [0.2, 0.25) is 0 Å². The Kier molecular flexibility index (Phi) is 2.24. The molecular formula is C11H18BNO2. The number of hydrogen-bond acceptors (Lipinski definition) is 2. The zero-order valence-corrected chi connectivity index (χ0v) is 10.1. The molecule has 15 heavy (non-hydrogen) atoms. The van der Waals surface area contributed by atoms with E-state index in [-0.39, 0.29) is 18.3 Å². The van der Waals surface area contributed by atoms with Crippen molar-refractivity contribution in [1.82, 2.24) is 4.57 Å². The summed E-state index contributed by atoms with van der Waals surface area (Å²) in [5, 5.41) is 0. The molecule has 1 aromatic rings. The molecule has 0 unspecified atom stereocenters. The molecular weight excluding hydrogens is 189 g/mol. The first-order valence-corrected chi connectivity index (χ1v) is 5.29. The molecule has 1 fully saturated rings. The Bertz CT molecular complexity index is 354. The highest BCUT2D eigenvalue weighted by molar-refractivity contribution is 6.62. The smallest absolute Gasteiger partial charge is 0.399 e. The minimum Gasteiger partial charge on any atom is -0.399 e. The topological polar surface area (TPSA) is 23.4 Å². The van der Waals surface area contributed by atoms with E-state index in [4.69, 9.17) is 9.31 Å². The lowest BCUT2D eigenvalue weighted by Crippen LogP contribution is -2.41. The van der Waals surface area contributed by atoms with Gasteiger partial charge in [-0.05, 0) is 33.8 Å². The maximum Gasteiger partial charge on any atom is 0.496 e. The Hall–Kier alpha value is -0.735. The van der Waals surface area contributed by atoms with Crippen molar-refractivity contribution in [3.8, 4) is 0 Å². The van der Waals surface area contributed by atoms with Crippen molar-refractivity contribution >= 4 is 12.6 Å². The van der Waals surface area contributed by atoms with Crippen molar-refractivity contribution in [3.63, 3.8) is 0 Å². The highest BCUT2D eigenvalue weighted by Crippen LogP contribution is 2.36. The average Bonchev–Trinajstić information content (AvgIpc) is 2.56. The third-order valence-electron chi connectivity index (χ3n) is 3.38. The lowest BCUT2D eigenvalue weighted by Gasteiger charge is -2.32. The summed E-state index contributed by atoms with van der Waals surface area (Å²) in [5.74, 6) is 0. The van der Waals surface area contributed by atoms with Gasteiger partial charge in [-0.1, -0.05) is 0 Å². The molecule has 0 aromatic carbocycles. The van der Waals surface area contributed by atoms with Crippen molar-refractivity contribution in [2.75, 3.05) is 0 Å². The summed E-state index contributed by atoms with van der Waals surface area (Å²) < 4.78 is 13.9. The average molecular weight is 207 g/mol. The van der Waals surface area contributed by atoms with Crippen LogP contribution in [0, 0.1) is 0 Å².